The molecule has 52 valence electrons. The summed E-state index contributed by atoms with van der Waals surface area (Å²) in [4.78, 5) is 10.7. The maximum absolute atomic E-state index is 10.7. The fraction of sp³-hybridized carbons (Fsp3) is 0.833. The molecular formula is C6H11NO2. The van der Waals surface area contributed by atoms with E-state index in [0.717, 1.165) is 6.42 Å². The van der Waals surface area contributed by atoms with E-state index >= 15 is 0 Å². The summed E-state index contributed by atoms with van der Waals surface area (Å²) < 4.78 is 4.51. The van der Waals surface area contributed by atoms with Gasteiger partial charge in [-0.1, -0.05) is 0 Å². The van der Waals surface area contributed by atoms with Crippen LogP contribution in [0.3, 0.4) is 0 Å². The van der Waals surface area contributed by atoms with Crippen molar-refractivity contribution < 1.29 is 9.53 Å². The van der Waals surface area contributed by atoms with Gasteiger partial charge in [0.25, 0.3) is 0 Å². The first-order valence-electron chi connectivity index (χ1n) is 3.07. The van der Waals surface area contributed by atoms with Crippen LogP contribution >= 0.6 is 0 Å². The monoisotopic (exact) mass is 129 g/mol. The molecular weight excluding hydrogens is 118 g/mol. The van der Waals surface area contributed by atoms with Crippen LogP contribution in [-0.4, -0.2) is 19.6 Å². The second-order valence-electron chi connectivity index (χ2n) is 2.36. The molecule has 1 rings (SSSR count). The van der Waals surface area contributed by atoms with Gasteiger partial charge >= 0.3 is 5.97 Å². The molecule has 2 N–H and O–H groups in total. The number of methoxy groups -OCH3 is 1. The number of ether oxygens (including phenoxy) is 1. The molecule has 9 heavy (non-hydrogen) atoms. The first kappa shape index (κ1) is 6.55. The molecule has 0 aromatic heterocycles. The zero-order valence-electron chi connectivity index (χ0n) is 5.46. The van der Waals surface area contributed by atoms with Crippen molar-refractivity contribution in [3.05, 3.63) is 0 Å². The lowest BCUT2D eigenvalue weighted by atomic mass is 10.3. The SMILES string of the molecule is COC(=O)[C@H]1C[C@H]1CN. The highest BCUT2D eigenvalue weighted by molar-refractivity contribution is 5.75. The largest absolute Gasteiger partial charge is 0.469 e. The van der Waals surface area contributed by atoms with Gasteiger partial charge in [0.15, 0.2) is 0 Å². The number of nitrogens with two attached hydrogens (primary N) is 1. The molecule has 0 spiro atoms. The van der Waals surface area contributed by atoms with Gasteiger partial charge in [-0.25, -0.2) is 0 Å². The van der Waals surface area contributed by atoms with E-state index in [9.17, 15) is 4.79 Å². The Morgan fingerprint density at radius 1 is 1.89 bits per heavy atom. The average molecular weight is 129 g/mol. The Morgan fingerprint density at radius 2 is 2.56 bits per heavy atom. The highest BCUT2D eigenvalue weighted by Gasteiger charge is 2.42. The number of hydrogen-bond acceptors (Lipinski definition) is 3. The number of esters is 1. The van der Waals surface area contributed by atoms with Crippen molar-refractivity contribution in [3.8, 4) is 0 Å². The van der Waals surface area contributed by atoms with Crippen LogP contribution in [0.1, 0.15) is 6.42 Å². The quantitative estimate of drug-likeness (QED) is 0.523. The van der Waals surface area contributed by atoms with Crippen molar-refractivity contribution in [2.75, 3.05) is 13.7 Å². The Bertz CT molecular complexity index is 124. The molecule has 0 aromatic rings. The van der Waals surface area contributed by atoms with Gasteiger partial charge in [-0.2, -0.15) is 0 Å². The van der Waals surface area contributed by atoms with Crippen LogP contribution in [0, 0.1) is 11.8 Å². The molecule has 1 aliphatic carbocycles. The molecule has 0 saturated heterocycles. The second-order valence-corrected chi connectivity index (χ2v) is 2.36. The summed E-state index contributed by atoms with van der Waals surface area (Å²) >= 11 is 0. The first-order valence-corrected chi connectivity index (χ1v) is 3.07. The Morgan fingerprint density at radius 3 is 2.89 bits per heavy atom. The van der Waals surface area contributed by atoms with Crippen molar-refractivity contribution in [2.45, 2.75) is 6.42 Å². The van der Waals surface area contributed by atoms with Gasteiger partial charge in [0, 0.05) is 0 Å². The predicted octanol–water partition coefficient (Wildman–Crippen LogP) is -0.246. The van der Waals surface area contributed by atoms with Crippen LogP contribution < -0.4 is 5.73 Å². The summed E-state index contributed by atoms with van der Waals surface area (Å²) in [5.41, 5.74) is 5.31. The summed E-state index contributed by atoms with van der Waals surface area (Å²) in [7, 11) is 1.41. The number of hydrogen-bond donors (Lipinski definition) is 1. The molecule has 3 nitrogen and oxygen atoms in total. The summed E-state index contributed by atoms with van der Waals surface area (Å²) in [5.74, 6) is 0.405. The van der Waals surface area contributed by atoms with Crippen molar-refractivity contribution in [3.63, 3.8) is 0 Å². The Kier molecular flexibility index (Phi) is 1.71. The Hall–Kier alpha value is -0.570. The molecule has 0 aromatic carbocycles. The number of rotatable bonds is 2. The standard InChI is InChI=1S/C6H11NO2/c1-9-6(8)5-2-4(5)3-7/h4-5H,2-3,7H2,1H3/t4-,5-/m0/s1. The molecule has 1 saturated carbocycles. The van der Waals surface area contributed by atoms with Crippen molar-refractivity contribution in [1.29, 1.82) is 0 Å². The Balaban J connectivity index is 2.25. The van der Waals surface area contributed by atoms with E-state index in [2.05, 4.69) is 4.74 Å². The molecule has 0 heterocycles. The Labute approximate surface area is 54.2 Å². The van der Waals surface area contributed by atoms with Gasteiger partial charge in [-0.3, -0.25) is 4.79 Å². The normalized spacial score (nSPS) is 31.8. The molecule has 0 radical (unpaired) electrons. The first-order chi connectivity index (χ1) is 4.29. The van der Waals surface area contributed by atoms with E-state index in [0.29, 0.717) is 12.5 Å². The topological polar surface area (TPSA) is 52.3 Å². The molecule has 3 heteroatoms. The highest BCUT2D eigenvalue weighted by atomic mass is 16.5. The van der Waals surface area contributed by atoms with Crippen molar-refractivity contribution in [2.24, 2.45) is 17.6 Å². The minimum atomic E-state index is -0.106. The van der Waals surface area contributed by atoms with Crippen LogP contribution in [0.2, 0.25) is 0 Å². The van der Waals surface area contributed by atoms with Crippen molar-refractivity contribution >= 4 is 5.97 Å². The zero-order valence-corrected chi connectivity index (χ0v) is 5.46. The maximum atomic E-state index is 10.7. The summed E-state index contributed by atoms with van der Waals surface area (Å²) in [6, 6.07) is 0. The second kappa shape index (κ2) is 2.35. The van der Waals surface area contributed by atoms with Gasteiger partial charge < -0.3 is 10.5 Å². The van der Waals surface area contributed by atoms with Gasteiger partial charge in [-0.05, 0) is 18.9 Å². The van der Waals surface area contributed by atoms with E-state index in [1.807, 2.05) is 0 Å². The lowest BCUT2D eigenvalue weighted by molar-refractivity contribution is -0.142. The summed E-state index contributed by atoms with van der Waals surface area (Å²) in [6.45, 7) is 0.611. The average Bonchev–Trinajstić information content (AvgIpc) is 2.64. The van der Waals surface area contributed by atoms with E-state index < -0.39 is 0 Å². The third kappa shape index (κ3) is 1.21. The highest BCUT2D eigenvalue weighted by Crippen LogP contribution is 2.37. The minimum absolute atomic E-state index is 0.106. The fourth-order valence-electron chi connectivity index (χ4n) is 0.948. The molecule has 0 unspecified atom stereocenters. The third-order valence-corrected chi connectivity index (χ3v) is 1.73. The lowest BCUT2D eigenvalue weighted by Crippen LogP contribution is -2.09. The molecule has 0 bridgehead atoms. The summed E-state index contributed by atoms with van der Waals surface area (Å²) in [6.07, 6.45) is 0.920. The van der Waals surface area contributed by atoms with Crippen LogP contribution in [-0.2, 0) is 9.53 Å². The van der Waals surface area contributed by atoms with Gasteiger partial charge in [0.1, 0.15) is 0 Å². The fourth-order valence-corrected chi connectivity index (χ4v) is 0.948. The van der Waals surface area contributed by atoms with Gasteiger partial charge in [0.05, 0.1) is 13.0 Å². The van der Waals surface area contributed by atoms with Crippen LogP contribution in [0.15, 0.2) is 0 Å². The van der Waals surface area contributed by atoms with E-state index in [1.165, 1.54) is 7.11 Å². The summed E-state index contributed by atoms with van der Waals surface area (Å²) in [5, 5.41) is 0. The molecule has 1 fully saturated rings. The number of carbonyl (C=O) groups excluding carboxylic acids is 1. The van der Waals surface area contributed by atoms with Crippen molar-refractivity contribution in [1.82, 2.24) is 0 Å². The van der Waals surface area contributed by atoms with E-state index in [-0.39, 0.29) is 11.9 Å². The third-order valence-electron chi connectivity index (χ3n) is 1.73. The molecule has 0 amide bonds. The number of carbonyl (C=O) groups is 1. The van der Waals surface area contributed by atoms with Gasteiger partial charge in [0.2, 0.25) is 0 Å². The lowest BCUT2D eigenvalue weighted by Gasteiger charge is -1.93. The smallest absolute Gasteiger partial charge is 0.308 e. The van der Waals surface area contributed by atoms with Crippen LogP contribution in [0.5, 0.6) is 0 Å². The zero-order chi connectivity index (χ0) is 6.85. The predicted molar refractivity (Wildman–Crippen MR) is 32.7 cm³/mol. The molecule has 1 aliphatic rings. The van der Waals surface area contributed by atoms with E-state index in [4.69, 9.17) is 5.73 Å². The maximum Gasteiger partial charge on any atom is 0.308 e. The molecule has 0 aliphatic heterocycles. The van der Waals surface area contributed by atoms with Gasteiger partial charge in [-0.15, -0.1) is 0 Å². The van der Waals surface area contributed by atoms with E-state index in [1.54, 1.807) is 0 Å². The minimum Gasteiger partial charge on any atom is -0.469 e. The van der Waals surface area contributed by atoms with Crippen LogP contribution in [0.4, 0.5) is 0 Å². The van der Waals surface area contributed by atoms with Crippen LogP contribution in [0.25, 0.3) is 0 Å². The molecule has 2 atom stereocenters.